The molecule has 0 saturated heterocycles. The summed E-state index contributed by atoms with van der Waals surface area (Å²) in [6, 6.07) is 5.09. The van der Waals surface area contributed by atoms with Gasteiger partial charge in [-0.1, -0.05) is 13.8 Å². The number of fused-ring (bicyclic) bond motifs is 1. The molecule has 2 rings (SSSR count). The molecule has 2 aromatic rings. The van der Waals surface area contributed by atoms with Crippen molar-refractivity contribution in [1.29, 1.82) is 0 Å². The number of nitrogens with zero attached hydrogens (tertiary/aromatic N) is 1. The molecule has 1 atom stereocenters. The number of rotatable bonds is 8. The summed E-state index contributed by atoms with van der Waals surface area (Å²) in [7, 11) is 0. The zero-order valence-corrected chi connectivity index (χ0v) is 14.6. The average molecular weight is 348 g/mol. The Morgan fingerprint density at radius 2 is 2.05 bits per heavy atom. The van der Waals surface area contributed by atoms with Crippen LogP contribution in [0.4, 0.5) is 4.39 Å². The third-order valence-corrected chi connectivity index (χ3v) is 4.57. The summed E-state index contributed by atoms with van der Waals surface area (Å²) in [4.78, 5) is 2.25. The van der Waals surface area contributed by atoms with E-state index in [1.807, 2.05) is 17.5 Å². The van der Waals surface area contributed by atoms with E-state index < -0.39 is 6.10 Å². The van der Waals surface area contributed by atoms with E-state index in [1.165, 1.54) is 17.4 Å². The molecule has 3 nitrogen and oxygen atoms in total. The lowest BCUT2D eigenvalue weighted by Gasteiger charge is -2.18. The molecular formula is C16H23ClFNO2S. The lowest BCUT2D eigenvalue weighted by Crippen LogP contribution is -2.27. The summed E-state index contributed by atoms with van der Waals surface area (Å²) < 4.78 is 20.0. The van der Waals surface area contributed by atoms with E-state index in [4.69, 9.17) is 4.74 Å². The van der Waals surface area contributed by atoms with Gasteiger partial charge in [-0.15, -0.1) is 23.7 Å². The van der Waals surface area contributed by atoms with Gasteiger partial charge < -0.3 is 14.7 Å². The Hall–Kier alpha value is -0.720. The Bertz CT molecular complexity index is 574. The molecule has 1 unspecified atom stereocenters. The third kappa shape index (κ3) is 4.89. The fourth-order valence-corrected chi connectivity index (χ4v) is 3.06. The minimum atomic E-state index is -0.791. The molecule has 1 heterocycles. The Balaban J connectivity index is 0.00000242. The summed E-state index contributed by atoms with van der Waals surface area (Å²) in [6.07, 6.45) is -0.791. The molecule has 0 amide bonds. The van der Waals surface area contributed by atoms with Gasteiger partial charge >= 0.3 is 0 Å². The van der Waals surface area contributed by atoms with Crippen molar-refractivity contribution in [2.75, 3.05) is 32.8 Å². The van der Waals surface area contributed by atoms with E-state index >= 15 is 0 Å². The highest BCUT2D eigenvalue weighted by Crippen LogP contribution is 2.27. The minimum absolute atomic E-state index is 0. The van der Waals surface area contributed by atoms with Crippen LogP contribution in [0.25, 0.3) is 10.1 Å². The summed E-state index contributed by atoms with van der Waals surface area (Å²) >= 11 is 1.37. The number of thiophene rings is 1. The summed E-state index contributed by atoms with van der Waals surface area (Å²) in [5.74, 6) is -0.278. The second-order valence-corrected chi connectivity index (χ2v) is 5.88. The van der Waals surface area contributed by atoms with Crippen molar-refractivity contribution < 1.29 is 14.2 Å². The molecule has 1 N–H and O–H groups in total. The van der Waals surface area contributed by atoms with Crippen LogP contribution in [0, 0.1) is 5.82 Å². The van der Waals surface area contributed by atoms with Crippen molar-refractivity contribution in [3.8, 4) is 0 Å². The number of aliphatic hydroxyl groups is 1. The fraction of sp³-hybridized carbons (Fsp3) is 0.500. The highest BCUT2D eigenvalue weighted by molar-refractivity contribution is 7.17. The van der Waals surface area contributed by atoms with Crippen LogP contribution >= 0.6 is 23.7 Å². The Labute approximate surface area is 141 Å². The number of hydrogen-bond donors (Lipinski definition) is 1. The monoisotopic (exact) mass is 347 g/mol. The van der Waals surface area contributed by atoms with E-state index in [0.29, 0.717) is 16.9 Å². The molecule has 0 bridgehead atoms. The Morgan fingerprint density at radius 1 is 1.32 bits per heavy atom. The Morgan fingerprint density at radius 3 is 2.73 bits per heavy atom. The fourth-order valence-electron chi connectivity index (χ4n) is 2.28. The maximum atomic E-state index is 13.9. The molecule has 22 heavy (non-hydrogen) atoms. The molecule has 6 heteroatoms. The van der Waals surface area contributed by atoms with Gasteiger partial charge in [-0.2, -0.15) is 0 Å². The predicted octanol–water partition coefficient (Wildman–Crippen LogP) is 3.85. The molecular weight excluding hydrogens is 325 g/mol. The minimum Gasteiger partial charge on any atom is -0.386 e. The first kappa shape index (κ1) is 19.3. The zero-order chi connectivity index (χ0) is 15.2. The predicted molar refractivity (Wildman–Crippen MR) is 92.6 cm³/mol. The summed E-state index contributed by atoms with van der Waals surface area (Å²) in [6.45, 7) is 7.80. The van der Waals surface area contributed by atoms with Gasteiger partial charge in [0.25, 0.3) is 0 Å². The molecule has 1 aromatic heterocycles. The van der Waals surface area contributed by atoms with Gasteiger partial charge in [0, 0.05) is 6.54 Å². The van der Waals surface area contributed by atoms with Gasteiger partial charge in [0.15, 0.2) is 0 Å². The van der Waals surface area contributed by atoms with Gasteiger partial charge in [-0.05, 0) is 47.6 Å². The van der Waals surface area contributed by atoms with Crippen molar-refractivity contribution in [3.63, 3.8) is 0 Å². The van der Waals surface area contributed by atoms with Gasteiger partial charge in [-0.3, -0.25) is 0 Å². The average Bonchev–Trinajstić information content (AvgIpc) is 2.96. The van der Waals surface area contributed by atoms with Gasteiger partial charge in [0.05, 0.1) is 17.9 Å². The second kappa shape index (κ2) is 9.43. The van der Waals surface area contributed by atoms with E-state index in [-0.39, 0.29) is 24.8 Å². The van der Waals surface area contributed by atoms with Crippen LogP contribution in [0.2, 0.25) is 0 Å². The molecule has 0 aliphatic carbocycles. The van der Waals surface area contributed by atoms with E-state index in [0.717, 1.165) is 25.0 Å². The molecule has 0 radical (unpaired) electrons. The van der Waals surface area contributed by atoms with Crippen LogP contribution < -0.4 is 0 Å². The SMILES string of the molecule is CCN(CC)CCOCC(O)c1cc(F)c2sccc2c1.Cl. The maximum absolute atomic E-state index is 13.9. The number of aliphatic hydroxyl groups excluding tert-OH is 1. The van der Waals surface area contributed by atoms with Crippen molar-refractivity contribution in [3.05, 3.63) is 35.0 Å². The molecule has 0 saturated carbocycles. The van der Waals surface area contributed by atoms with Crippen LogP contribution in [0.3, 0.4) is 0 Å². The molecule has 0 aliphatic rings. The molecule has 0 aliphatic heterocycles. The third-order valence-electron chi connectivity index (χ3n) is 3.63. The highest BCUT2D eigenvalue weighted by Gasteiger charge is 2.12. The number of hydrogen-bond acceptors (Lipinski definition) is 4. The van der Waals surface area contributed by atoms with Crippen molar-refractivity contribution >= 4 is 33.8 Å². The van der Waals surface area contributed by atoms with Crippen LogP contribution in [-0.4, -0.2) is 42.9 Å². The molecule has 124 valence electrons. The molecule has 0 spiro atoms. The van der Waals surface area contributed by atoms with Gasteiger partial charge in [0.2, 0.25) is 0 Å². The topological polar surface area (TPSA) is 32.7 Å². The van der Waals surface area contributed by atoms with Crippen LogP contribution in [0.5, 0.6) is 0 Å². The number of ether oxygens (including phenoxy) is 1. The van der Waals surface area contributed by atoms with Gasteiger partial charge in [0.1, 0.15) is 11.9 Å². The first-order valence-electron chi connectivity index (χ1n) is 7.30. The lowest BCUT2D eigenvalue weighted by atomic mass is 10.1. The van der Waals surface area contributed by atoms with Crippen LogP contribution in [0.15, 0.2) is 23.6 Å². The second-order valence-electron chi connectivity index (χ2n) is 4.96. The summed E-state index contributed by atoms with van der Waals surface area (Å²) in [5, 5.41) is 12.8. The lowest BCUT2D eigenvalue weighted by molar-refractivity contribution is 0.0273. The number of likely N-dealkylation sites (N-methyl/N-ethyl adjacent to an activating group) is 1. The molecule has 1 aromatic carbocycles. The standard InChI is InChI=1S/C16H22FNO2S.ClH/c1-3-18(4-2)6-7-20-11-15(19)13-9-12-5-8-21-16(12)14(17)10-13;/h5,8-10,15,19H,3-4,6-7,11H2,1-2H3;1H. The summed E-state index contributed by atoms with van der Waals surface area (Å²) in [5.41, 5.74) is 0.571. The van der Waals surface area contributed by atoms with Crippen molar-refractivity contribution in [2.24, 2.45) is 0 Å². The van der Waals surface area contributed by atoms with Gasteiger partial charge in [-0.25, -0.2) is 4.39 Å². The number of benzene rings is 1. The normalized spacial score (nSPS) is 12.6. The van der Waals surface area contributed by atoms with Crippen LogP contribution in [-0.2, 0) is 4.74 Å². The van der Waals surface area contributed by atoms with E-state index in [1.54, 1.807) is 0 Å². The smallest absolute Gasteiger partial charge is 0.141 e. The van der Waals surface area contributed by atoms with Crippen molar-refractivity contribution in [2.45, 2.75) is 20.0 Å². The van der Waals surface area contributed by atoms with E-state index in [9.17, 15) is 9.50 Å². The first-order chi connectivity index (χ1) is 10.2. The quantitative estimate of drug-likeness (QED) is 0.736. The van der Waals surface area contributed by atoms with Crippen LogP contribution in [0.1, 0.15) is 25.5 Å². The highest BCUT2D eigenvalue weighted by atomic mass is 35.5. The largest absolute Gasteiger partial charge is 0.386 e. The maximum Gasteiger partial charge on any atom is 0.141 e. The zero-order valence-electron chi connectivity index (χ0n) is 12.9. The molecule has 0 fully saturated rings. The Kier molecular flexibility index (Phi) is 8.28. The van der Waals surface area contributed by atoms with E-state index in [2.05, 4.69) is 18.7 Å². The van der Waals surface area contributed by atoms with Crippen molar-refractivity contribution in [1.82, 2.24) is 4.90 Å². The number of halogens is 2. The first-order valence-corrected chi connectivity index (χ1v) is 8.18.